The lowest BCUT2D eigenvalue weighted by Crippen LogP contribution is -2.31. The van der Waals surface area contributed by atoms with E-state index in [1.54, 1.807) is 33.1 Å². The van der Waals surface area contributed by atoms with Crippen molar-refractivity contribution in [3.63, 3.8) is 0 Å². The van der Waals surface area contributed by atoms with Crippen LogP contribution in [0.3, 0.4) is 0 Å². The van der Waals surface area contributed by atoms with Crippen molar-refractivity contribution in [2.24, 2.45) is 0 Å². The van der Waals surface area contributed by atoms with Crippen LogP contribution in [0.2, 0.25) is 0 Å². The van der Waals surface area contributed by atoms with Crippen LogP contribution in [0.15, 0.2) is 71.6 Å². The van der Waals surface area contributed by atoms with Crippen LogP contribution in [-0.4, -0.2) is 55.1 Å². The van der Waals surface area contributed by atoms with Gasteiger partial charge in [-0.3, -0.25) is 9.89 Å². The van der Waals surface area contributed by atoms with E-state index in [9.17, 15) is 4.79 Å². The molecule has 190 valence electrons. The number of thioether (sulfide) groups is 1. The first-order valence-electron chi connectivity index (χ1n) is 12.0. The number of ether oxygens (including phenoxy) is 3. The van der Waals surface area contributed by atoms with E-state index in [1.807, 2.05) is 47.4 Å². The molecule has 0 radical (unpaired) electrons. The number of nitrogens with one attached hydrogen (secondary N) is 1. The third-order valence-electron chi connectivity index (χ3n) is 6.75. The van der Waals surface area contributed by atoms with E-state index in [1.165, 1.54) is 4.90 Å². The quantitative estimate of drug-likeness (QED) is 0.292. The Kier molecular flexibility index (Phi) is 7.10. The maximum atomic E-state index is 13.7. The molecule has 1 aliphatic heterocycles. The second-order valence-electron chi connectivity index (χ2n) is 8.70. The summed E-state index contributed by atoms with van der Waals surface area (Å²) in [6.07, 6.45) is 2.72. The number of benzene rings is 3. The molecule has 0 saturated heterocycles. The van der Waals surface area contributed by atoms with Gasteiger partial charge in [0.2, 0.25) is 0 Å². The van der Waals surface area contributed by atoms with E-state index in [0.717, 1.165) is 33.7 Å². The van der Waals surface area contributed by atoms with Crippen LogP contribution in [-0.2, 0) is 6.42 Å². The number of fused-ring (bicyclic) bond motifs is 1. The van der Waals surface area contributed by atoms with Crippen molar-refractivity contribution in [3.05, 3.63) is 89.1 Å². The van der Waals surface area contributed by atoms with Gasteiger partial charge < -0.3 is 19.1 Å². The minimum atomic E-state index is -0.255. The normalized spacial score (nSPS) is 14.5. The van der Waals surface area contributed by atoms with Crippen LogP contribution in [0.25, 0.3) is 11.3 Å². The summed E-state index contributed by atoms with van der Waals surface area (Å²) in [6, 6.07) is 21.8. The molecule has 7 nitrogen and oxygen atoms in total. The van der Waals surface area contributed by atoms with Gasteiger partial charge in [-0.1, -0.05) is 18.2 Å². The Labute approximate surface area is 220 Å². The zero-order valence-corrected chi connectivity index (χ0v) is 22.1. The standard InChI is InChI=1S/C29H29N3O4S/c1-34-21-10-6-19(7-11-21)26-25-27(31-30-26)29(33)32(28(25)20-8-12-22(37-4)13-9-20)16-15-18-5-14-23(35-2)24(17-18)36-3/h5-14,17,28H,15-16H2,1-4H3,(H,30,31). The SMILES string of the molecule is COc1ccc(-c2n[nH]c3c2C(c2ccc(SC)cc2)N(CCc2ccc(OC)c(OC)c2)C3=O)cc1. The number of nitrogens with zero attached hydrogens (tertiary/aromatic N) is 2. The highest BCUT2D eigenvalue weighted by Gasteiger charge is 2.41. The molecular formula is C29H29N3O4S. The molecule has 1 amide bonds. The molecule has 1 atom stereocenters. The van der Waals surface area contributed by atoms with Crippen molar-refractivity contribution in [2.75, 3.05) is 34.1 Å². The summed E-state index contributed by atoms with van der Waals surface area (Å²) in [5.41, 5.74) is 5.26. The van der Waals surface area contributed by atoms with Crippen LogP contribution in [0.4, 0.5) is 0 Å². The van der Waals surface area contributed by atoms with Gasteiger partial charge in [0.1, 0.15) is 11.4 Å². The first-order chi connectivity index (χ1) is 18.1. The Bertz CT molecular complexity index is 1400. The maximum absolute atomic E-state index is 13.7. The van der Waals surface area contributed by atoms with Gasteiger partial charge in [0.25, 0.3) is 5.91 Å². The van der Waals surface area contributed by atoms with Crippen molar-refractivity contribution in [3.8, 4) is 28.5 Å². The van der Waals surface area contributed by atoms with Crippen LogP contribution in [0, 0.1) is 0 Å². The lowest BCUT2D eigenvalue weighted by Gasteiger charge is -2.27. The molecule has 2 heterocycles. The zero-order valence-electron chi connectivity index (χ0n) is 21.3. The molecule has 8 heteroatoms. The first kappa shape index (κ1) is 24.8. The van der Waals surface area contributed by atoms with Crippen molar-refractivity contribution in [1.29, 1.82) is 0 Å². The van der Waals surface area contributed by atoms with E-state index < -0.39 is 0 Å². The predicted molar refractivity (Wildman–Crippen MR) is 145 cm³/mol. The smallest absolute Gasteiger partial charge is 0.273 e. The molecule has 0 fully saturated rings. The fourth-order valence-corrected chi connectivity index (χ4v) is 5.22. The van der Waals surface area contributed by atoms with Crippen LogP contribution in [0.1, 0.15) is 33.2 Å². The van der Waals surface area contributed by atoms with E-state index in [-0.39, 0.29) is 11.9 Å². The Morgan fingerprint density at radius 1 is 0.919 bits per heavy atom. The molecule has 1 aliphatic rings. The Morgan fingerprint density at radius 3 is 2.30 bits per heavy atom. The van der Waals surface area contributed by atoms with E-state index >= 15 is 0 Å². The highest BCUT2D eigenvalue weighted by atomic mass is 32.2. The summed E-state index contributed by atoms with van der Waals surface area (Å²) in [6.45, 7) is 0.536. The fourth-order valence-electron chi connectivity index (χ4n) is 4.81. The van der Waals surface area contributed by atoms with Crippen molar-refractivity contribution in [1.82, 2.24) is 15.1 Å². The number of methoxy groups -OCH3 is 3. The predicted octanol–water partition coefficient (Wildman–Crippen LogP) is 5.61. The summed E-state index contributed by atoms with van der Waals surface area (Å²) in [7, 11) is 4.89. The number of hydrogen-bond acceptors (Lipinski definition) is 6. The number of amides is 1. The van der Waals surface area contributed by atoms with Gasteiger partial charge in [0.15, 0.2) is 11.5 Å². The van der Waals surface area contributed by atoms with Gasteiger partial charge in [-0.15, -0.1) is 11.8 Å². The Hall–Kier alpha value is -3.91. The largest absolute Gasteiger partial charge is 0.497 e. The van der Waals surface area contributed by atoms with Gasteiger partial charge in [0.05, 0.1) is 33.1 Å². The summed E-state index contributed by atoms with van der Waals surface area (Å²) in [5, 5.41) is 7.60. The molecule has 37 heavy (non-hydrogen) atoms. The van der Waals surface area contributed by atoms with Crippen LogP contribution >= 0.6 is 11.8 Å². The lowest BCUT2D eigenvalue weighted by atomic mass is 9.96. The van der Waals surface area contributed by atoms with Gasteiger partial charge in [-0.05, 0) is 72.3 Å². The number of hydrogen-bond donors (Lipinski definition) is 1. The van der Waals surface area contributed by atoms with E-state index in [2.05, 4.69) is 40.7 Å². The fraction of sp³-hybridized carbons (Fsp3) is 0.241. The van der Waals surface area contributed by atoms with Gasteiger partial charge in [-0.25, -0.2) is 0 Å². The second-order valence-corrected chi connectivity index (χ2v) is 9.58. The number of carbonyl (C=O) groups excluding carboxylic acids is 1. The summed E-state index contributed by atoms with van der Waals surface area (Å²) < 4.78 is 16.2. The summed E-state index contributed by atoms with van der Waals surface area (Å²) in [4.78, 5) is 16.8. The Balaban J connectivity index is 1.52. The topological polar surface area (TPSA) is 76.7 Å². The first-order valence-corrected chi connectivity index (χ1v) is 13.2. The monoisotopic (exact) mass is 515 g/mol. The molecule has 1 unspecified atom stereocenters. The number of aromatic nitrogens is 2. The molecule has 4 aromatic rings. The summed E-state index contributed by atoms with van der Waals surface area (Å²) in [5.74, 6) is 2.07. The third-order valence-corrected chi connectivity index (χ3v) is 7.49. The minimum absolute atomic E-state index is 0.0540. The van der Waals surface area contributed by atoms with Gasteiger partial charge in [0, 0.05) is 22.6 Å². The number of rotatable bonds is 9. The minimum Gasteiger partial charge on any atom is -0.497 e. The molecule has 0 aliphatic carbocycles. The molecular weight excluding hydrogens is 486 g/mol. The lowest BCUT2D eigenvalue weighted by molar-refractivity contribution is 0.0746. The molecule has 0 spiro atoms. The third kappa shape index (κ3) is 4.64. The van der Waals surface area contributed by atoms with Crippen LogP contribution in [0.5, 0.6) is 17.2 Å². The van der Waals surface area contributed by atoms with Crippen molar-refractivity contribution in [2.45, 2.75) is 17.4 Å². The van der Waals surface area contributed by atoms with Gasteiger partial charge in [-0.2, -0.15) is 5.10 Å². The maximum Gasteiger partial charge on any atom is 0.273 e. The number of aromatic amines is 1. The molecule has 1 N–H and O–H groups in total. The van der Waals surface area contributed by atoms with Crippen molar-refractivity contribution >= 4 is 17.7 Å². The number of carbonyl (C=O) groups is 1. The van der Waals surface area contributed by atoms with E-state index in [0.29, 0.717) is 30.2 Å². The average Bonchev–Trinajstić information content (AvgIpc) is 3.50. The Morgan fingerprint density at radius 2 is 1.65 bits per heavy atom. The van der Waals surface area contributed by atoms with Gasteiger partial charge >= 0.3 is 0 Å². The van der Waals surface area contributed by atoms with Crippen LogP contribution < -0.4 is 14.2 Å². The molecule has 0 bridgehead atoms. The molecule has 0 saturated carbocycles. The highest BCUT2D eigenvalue weighted by Crippen LogP contribution is 2.43. The van der Waals surface area contributed by atoms with Crippen molar-refractivity contribution < 1.29 is 19.0 Å². The number of H-pyrrole nitrogens is 1. The molecule has 5 rings (SSSR count). The zero-order chi connectivity index (χ0) is 25.9. The van der Waals surface area contributed by atoms with E-state index in [4.69, 9.17) is 14.2 Å². The summed E-state index contributed by atoms with van der Waals surface area (Å²) >= 11 is 1.69. The average molecular weight is 516 g/mol. The molecule has 3 aromatic carbocycles. The second kappa shape index (κ2) is 10.6. The molecule has 1 aromatic heterocycles. The highest BCUT2D eigenvalue weighted by molar-refractivity contribution is 7.98.